The van der Waals surface area contributed by atoms with E-state index in [1.807, 2.05) is 42.5 Å². The normalized spacial score (nSPS) is 12.8. The number of nitrogens with zero attached hydrogens (tertiary/aromatic N) is 6. The zero-order valence-corrected chi connectivity index (χ0v) is 27.8. The van der Waals surface area contributed by atoms with Gasteiger partial charge in [-0.1, -0.05) is 126 Å². The van der Waals surface area contributed by atoms with Crippen molar-refractivity contribution in [2.24, 2.45) is 0 Å². The van der Waals surface area contributed by atoms with Crippen molar-refractivity contribution >= 4 is 44.1 Å². The van der Waals surface area contributed by atoms with Crippen LogP contribution in [0.4, 0.5) is 0 Å². The van der Waals surface area contributed by atoms with Crippen molar-refractivity contribution in [1.29, 1.82) is 0 Å². The van der Waals surface area contributed by atoms with E-state index in [1.54, 1.807) is 0 Å². The molecule has 4 aromatic carbocycles. The molecule has 0 spiro atoms. The summed E-state index contributed by atoms with van der Waals surface area (Å²) in [5.41, 5.74) is 8.74. The highest BCUT2D eigenvalue weighted by Gasteiger charge is 2.30. The molecule has 9 rings (SSSR count). The van der Waals surface area contributed by atoms with Crippen LogP contribution in [0.1, 0.15) is 52.7 Å². The maximum absolute atomic E-state index is 5.31. The van der Waals surface area contributed by atoms with Crippen molar-refractivity contribution in [2.45, 2.75) is 52.4 Å². The first kappa shape index (κ1) is 28.5. The first-order chi connectivity index (χ1) is 23.0. The summed E-state index contributed by atoms with van der Waals surface area (Å²) >= 11 is 0. The van der Waals surface area contributed by atoms with E-state index < -0.39 is 0 Å². The highest BCUT2D eigenvalue weighted by molar-refractivity contribution is 6.08. The Morgan fingerprint density at radius 1 is 0.396 bits per heavy atom. The van der Waals surface area contributed by atoms with Crippen LogP contribution in [0.25, 0.3) is 89.7 Å². The number of benzene rings is 4. The van der Waals surface area contributed by atoms with Crippen LogP contribution in [0.3, 0.4) is 0 Å². The van der Waals surface area contributed by atoms with Crippen LogP contribution in [0.2, 0.25) is 0 Å². The van der Waals surface area contributed by atoms with Crippen molar-refractivity contribution in [3.63, 3.8) is 0 Å². The van der Waals surface area contributed by atoms with E-state index in [9.17, 15) is 0 Å². The van der Waals surface area contributed by atoms with Crippen molar-refractivity contribution < 1.29 is 0 Å². The topological polar surface area (TPSA) is 109 Å². The van der Waals surface area contributed by atoms with E-state index in [0.717, 1.165) is 49.4 Å². The molecule has 2 N–H and O–H groups in total. The van der Waals surface area contributed by atoms with E-state index in [0.29, 0.717) is 40.2 Å². The van der Waals surface area contributed by atoms with Crippen LogP contribution in [-0.2, 0) is 10.8 Å². The molecule has 0 atom stereocenters. The number of nitrogens with one attached hydrogen (secondary N) is 2. The van der Waals surface area contributed by atoms with Gasteiger partial charge < -0.3 is 9.97 Å². The second kappa shape index (κ2) is 9.87. The Bertz CT molecular complexity index is 2640. The van der Waals surface area contributed by atoms with Gasteiger partial charge in [-0.25, -0.2) is 29.9 Å². The van der Waals surface area contributed by atoms with Crippen LogP contribution < -0.4 is 0 Å². The van der Waals surface area contributed by atoms with Gasteiger partial charge in [-0.15, -0.1) is 0 Å². The first-order valence-electron chi connectivity index (χ1n) is 16.3. The standard InChI is InChI=1S/C40H34N8/c1-39(2,3)28-20-19-27-29(30(28)40(4,5)6)38-47-36-26-18-12-11-17-25(26)34(45-36)43-32-22-14-8-7-13-21(22)31(41-32)42-33-23-15-9-10-16-24(23)35(44-33)46-37(27)48-38/h7-20H,1-6H3,(H2,41,42,43,44,45,46,47,48). The second-order valence-corrected chi connectivity index (χ2v) is 14.7. The second-order valence-electron chi connectivity index (χ2n) is 14.7. The van der Waals surface area contributed by atoms with E-state index in [1.165, 1.54) is 11.1 Å². The minimum absolute atomic E-state index is 0.0907. The van der Waals surface area contributed by atoms with Crippen molar-refractivity contribution in [3.05, 3.63) is 96.1 Å². The van der Waals surface area contributed by atoms with Crippen molar-refractivity contribution in [1.82, 2.24) is 39.9 Å². The quantitative estimate of drug-likeness (QED) is 0.174. The molecule has 7 aromatic rings. The summed E-state index contributed by atoms with van der Waals surface area (Å²) in [5, 5.41) is 3.94. The SMILES string of the molecule is CC(C)(C)c1ccc2c3nc4nc(nc5[nH]c(nc6nc(nc([nH]3)c2c1C(C)(C)C)-c1ccccc1-6)c1ccccc51)-c1ccccc1-4. The van der Waals surface area contributed by atoms with Crippen LogP contribution in [0.15, 0.2) is 84.9 Å². The summed E-state index contributed by atoms with van der Waals surface area (Å²) in [6, 6.07) is 28.8. The average Bonchev–Trinajstić information content (AvgIpc) is 3.79. The summed E-state index contributed by atoms with van der Waals surface area (Å²) in [6.45, 7) is 13.6. The van der Waals surface area contributed by atoms with Gasteiger partial charge in [0.25, 0.3) is 0 Å². The molecule has 0 fully saturated rings. The largest absolute Gasteiger partial charge is 0.324 e. The Hall–Kier alpha value is -5.76. The number of aromatic amines is 2. The molecule has 234 valence electrons. The number of hydrogen-bond donors (Lipinski definition) is 2. The summed E-state index contributed by atoms with van der Waals surface area (Å²) < 4.78 is 0. The highest BCUT2D eigenvalue weighted by Crippen LogP contribution is 2.42. The van der Waals surface area contributed by atoms with Crippen LogP contribution in [0.5, 0.6) is 0 Å². The average molecular weight is 627 g/mol. The minimum atomic E-state index is -0.184. The number of aromatic nitrogens is 8. The zero-order valence-electron chi connectivity index (χ0n) is 27.8. The third-order valence-electron chi connectivity index (χ3n) is 9.28. The Kier molecular flexibility index (Phi) is 5.85. The number of hydrogen-bond acceptors (Lipinski definition) is 6. The van der Waals surface area contributed by atoms with Gasteiger partial charge in [0.05, 0.1) is 0 Å². The lowest BCUT2D eigenvalue weighted by molar-refractivity contribution is 0.535. The van der Waals surface area contributed by atoms with Gasteiger partial charge in [0, 0.05) is 43.8 Å². The predicted molar refractivity (Wildman–Crippen MR) is 193 cm³/mol. The summed E-state index contributed by atoms with van der Waals surface area (Å²) in [4.78, 5) is 38.0. The van der Waals surface area contributed by atoms with Gasteiger partial charge in [0.15, 0.2) is 23.3 Å². The lowest BCUT2D eigenvalue weighted by Gasteiger charge is -2.30. The molecule has 8 heteroatoms. The molecule has 5 heterocycles. The fourth-order valence-corrected chi connectivity index (χ4v) is 7.14. The Labute approximate surface area is 277 Å². The molecule has 8 bridgehead atoms. The highest BCUT2D eigenvalue weighted by atomic mass is 15.1. The van der Waals surface area contributed by atoms with Crippen molar-refractivity contribution in [3.8, 4) is 45.6 Å². The van der Waals surface area contributed by atoms with Gasteiger partial charge in [-0.3, -0.25) is 0 Å². The molecular weight excluding hydrogens is 592 g/mol. The van der Waals surface area contributed by atoms with Gasteiger partial charge in [-0.05, 0) is 22.0 Å². The van der Waals surface area contributed by atoms with Gasteiger partial charge in [-0.2, -0.15) is 0 Å². The molecule has 2 aliphatic heterocycles. The van der Waals surface area contributed by atoms with Crippen LogP contribution in [0, 0.1) is 0 Å². The van der Waals surface area contributed by atoms with Gasteiger partial charge in [0.2, 0.25) is 0 Å². The van der Waals surface area contributed by atoms with Crippen LogP contribution >= 0.6 is 0 Å². The molecule has 0 radical (unpaired) electrons. The van der Waals surface area contributed by atoms with E-state index in [2.05, 4.69) is 94.0 Å². The maximum Gasteiger partial charge on any atom is 0.164 e. The predicted octanol–water partition coefficient (Wildman–Crippen LogP) is 9.46. The Morgan fingerprint density at radius 3 is 1.23 bits per heavy atom. The molecule has 48 heavy (non-hydrogen) atoms. The van der Waals surface area contributed by atoms with Crippen molar-refractivity contribution in [2.75, 3.05) is 0 Å². The molecule has 2 aliphatic rings. The summed E-state index contributed by atoms with van der Waals surface area (Å²) in [7, 11) is 0. The van der Waals surface area contributed by atoms with Gasteiger partial charge in [0.1, 0.15) is 22.6 Å². The molecule has 0 saturated carbocycles. The number of rotatable bonds is 0. The molecule has 0 unspecified atom stereocenters. The third-order valence-corrected chi connectivity index (χ3v) is 9.28. The van der Waals surface area contributed by atoms with E-state index >= 15 is 0 Å². The molecule has 0 aliphatic carbocycles. The fourth-order valence-electron chi connectivity index (χ4n) is 7.14. The number of H-pyrrole nitrogens is 2. The monoisotopic (exact) mass is 626 g/mol. The molecule has 0 amide bonds. The molecule has 8 nitrogen and oxygen atoms in total. The third kappa shape index (κ3) is 4.29. The first-order valence-corrected chi connectivity index (χ1v) is 16.3. The van der Waals surface area contributed by atoms with E-state index in [-0.39, 0.29) is 10.8 Å². The lowest BCUT2D eigenvalue weighted by atomic mass is 9.73. The smallest absolute Gasteiger partial charge is 0.164 e. The Balaban J connectivity index is 1.53. The van der Waals surface area contributed by atoms with Gasteiger partial charge >= 0.3 is 0 Å². The summed E-state index contributed by atoms with van der Waals surface area (Å²) in [5.74, 6) is 2.40. The van der Waals surface area contributed by atoms with Crippen LogP contribution in [-0.4, -0.2) is 39.9 Å². The zero-order chi connectivity index (χ0) is 32.9. The Morgan fingerprint density at radius 2 is 0.792 bits per heavy atom. The minimum Gasteiger partial charge on any atom is -0.324 e. The summed E-state index contributed by atoms with van der Waals surface area (Å²) in [6.07, 6.45) is 0. The fraction of sp³-hybridized carbons (Fsp3) is 0.200. The molecule has 3 aromatic heterocycles. The maximum atomic E-state index is 5.31. The molecular formula is C40H34N8. The lowest BCUT2D eigenvalue weighted by Crippen LogP contribution is -2.22. The number of fused-ring (bicyclic) bond motifs is 20. The van der Waals surface area contributed by atoms with E-state index in [4.69, 9.17) is 29.9 Å². The molecule has 0 saturated heterocycles.